The third-order valence-corrected chi connectivity index (χ3v) is 11.5. The van der Waals surface area contributed by atoms with Gasteiger partial charge in [-0.15, -0.1) is 0 Å². The Balaban J connectivity index is 1.44. The van der Waals surface area contributed by atoms with Crippen LogP contribution in [0.5, 0.6) is 0 Å². The van der Waals surface area contributed by atoms with E-state index in [0.29, 0.717) is 45.3 Å². The number of halogens is 5. The highest BCUT2D eigenvalue weighted by molar-refractivity contribution is 5.48. The molecule has 0 unspecified atom stereocenters. The van der Waals surface area contributed by atoms with E-state index >= 15 is 8.78 Å². The lowest BCUT2D eigenvalue weighted by Crippen LogP contribution is -2.67. The first kappa shape index (κ1) is 27.6. The minimum atomic E-state index is -5.86. The van der Waals surface area contributed by atoms with E-state index in [1.54, 1.807) is 6.08 Å². The normalized spacial score (nSPS) is 43.5. The lowest BCUT2D eigenvalue weighted by atomic mass is 9.44. The summed E-state index contributed by atoms with van der Waals surface area (Å²) in [4.78, 5) is 0. The lowest BCUT2D eigenvalue weighted by molar-refractivity contribution is -0.365. The lowest BCUT2D eigenvalue weighted by Gasteiger charge is -2.63. The van der Waals surface area contributed by atoms with E-state index in [1.165, 1.54) is 6.92 Å². The third kappa shape index (κ3) is 3.75. The molecule has 1 heterocycles. The van der Waals surface area contributed by atoms with Crippen LogP contribution < -0.4 is 0 Å². The van der Waals surface area contributed by atoms with Gasteiger partial charge in [-0.05, 0) is 79.2 Å². The number of benzene rings is 1. The van der Waals surface area contributed by atoms with Crippen LogP contribution in [0.1, 0.15) is 75.3 Å². The molecule has 9 heteroatoms. The van der Waals surface area contributed by atoms with Gasteiger partial charge in [0.2, 0.25) is 0 Å². The first-order chi connectivity index (χ1) is 18.2. The number of hydrogen-bond acceptors (Lipinski definition) is 4. The SMILES string of the molecule is C=Cc1ccc([C@H]2C[C@@]3(C)[C@@H](CC[C@@]3(O)C(F)(F)C(F)(F)F)[C@@H]3CC[C@@]4(O)CC5(CC[C@@H]4[C@H]32)OCCO5)cc1. The van der Waals surface area contributed by atoms with Gasteiger partial charge in [0, 0.05) is 18.3 Å². The monoisotopic (exact) mass is 556 g/mol. The molecule has 1 spiro atoms. The van der Waals surface area contributed by atoms with E-state index in [1.807, 2.05) is 24.3 Å². The second kappa shape index (κ2) is 8.73. The molecule has 5 fully saturated rings. The van der Waals surface area contributed by atoms with Crippen molar-refractivity contribution in [2.24, 2.45) is 29.1 Å². The molecule has 1 aliphatic heterocycles. The molecule has 39 heavy (non-hydrogen) atoms. The maximum Gasteiger partial charge on any atom is 0.456 e. The predicted octanol–water partition coefficient (Wildman–Crippen LogP) is 6.46. The summed E-state index contributed by atoms with van der Waals surface area (Å²) < 4.78 is 83.3. The number of ether oxygens (including phenoxy) is 2. The summed E-state index contributed by atoms with van der Waals surface area (Å²) in [6.45, 7) is 6.17. The van der Waals surface area contributed by atoms with Gasteiger partial charge in [-0.25, -0.2) is 0 Å². The fourth-order valence-electron chi connectivity index (χ4n) is 9.70. The smallest absolute Gasteiger partial charge is 0.389 e. The van der Waals surface area contributed by atoms with Gasteiger partial charge in [-0.3, -0.25) is 0 Å². The van der Waals surface area contributed by atoms with Gasteiger partial charge in [0.05, 0.1) is 18.8 Å². The van der Waals surface area contributed by atoms with E-state index in [0.717, 1.165) is 11.1 Å². The molecule has 0 radical (unpaired) electrons. The van der Waals surface area contributed by atoms with Crippen molar-refractivity contribution < 1.29 is 41.6 Å². The molecule has 2 N–H and O–H groups in total. The number of aliphatic hydroxyl groups is 2. The summed E-state index contributed by atoms with van der Waals surface area (Å²) >= 11 is 0. The van der Waals surface area contributed by atoms with Crippen LogP contribution in [0.4, 0.5) is 22.0 Å². The van der Waals surface area contributed by atoms with Gasteiger partial charge in [0.25, 0.3) is 0 Å². The van der Waals surface area contributed by atoms with Crippen LogP contribution in [-0.2, 0) is 9.47 Å². The second-order valence-corrected chi connectivity index (χ2v) is 13.0. The highest BCUT2D eigenvalue weighted by Crippen LogP contribution is 2.72. The highest BCUT2D eigenvalue weighted by atomic mass is 19.4. The summed E-state index contributed by atoms with van der Waals surface area (Å²) in [7, 11) is 0. The van der Waals surface area contributed by atoms with Crippen molar-refractivity contribution in [3.63, 3.8) is 0 Å². The minimum absolute atomic E-state index is 0.0147. The van der Waals surface area contributed by atoms with E-state index in [9.17, 15) is 23.4 Å². The Kier molecular flexibility index (Phi) is 6.18. The molecular weight excluding hydrogens is 519 g/mol. The Morgan fingerprint density at radius 2 is 1.56 bits per heavy atom. The quantitative estimate of drug-likeness (QED) is 0.420. The van der Waals surface area contributed by atoms with Gasteiger partial charge in [-0.2, -0.15) is 22.0 Å². The van der Waals surface area contributed by atoms with Crippen LogP contribution in [0.2, 0.25) is 0 Å². The summed E-state index contributed by atoms with van der Waals surface area (Å²) in [6, 6.07) is 7.50. The van der Waals surface area contributed by atoms with Crippen molar-refractivity contribution >= 4 is 6.08 Å². The highest BCUT2D eigenvalue weighted by Gasteiger charge is 2.80. The molecule has 1 aromatic carbocycles. The fourth-order valence-corrected chi connectivity index (χ4v) is 9.70. The molecule has 1 saturated heterocycles. The Morgan fingerprint density at radius 1 is 0.923 bits per heavy atom. The van der Waals surface area contributed by atoms with Crippen LogP contribution in [0, 0.1) is 29.1 Å². The Hall–Kier alpha value is -1.55. The zero-order chi connectivity index (χ0) is 28.1. The van der Waals surface area contributed by atoms with Crippen molar-refractivity contribution in [3.05, 3.63) is 42.0 Å². The molecule has 1 aromatic rings. The maximum atomic E-state index is 15.1. The van der Waals surface area contributed by atoms with Crippen molar-refractivity contribution in [1.29, 1.82) is 0 Å². The van der Waals surface area contributed by atoms with Gasteiger partial charge in [0.15, 0.2) is 5.79 Å². The van der Waals surface area contributed by atoms with Crippen LogP contribution in [0.3, 0.4) is 0 Å². The van der Waals surface area contributed by atoms with E-state index in [2.05, 4.69) is 6.58 Å². The molecule has 5 aliphatic rings. The minimum Gasteiger partial charge on any atom is -0.389 e. The molecule has 0 aromatic heterocycles. The molecule has 4 saturated carbocycles. The van der Waals surface area contributed by atoms with Crippen LogP contribution >= 0.6 is 0 Å². The Morgan fingerprint density at radius 3 is 2.18 bits per heavy atom. The largest absolute Gasteiger partial charge is 0.456 e. The predicted molar refractivity (Wildman–Crippen MR) is 134 cm³/mol. The summed E-state index contributed by atoms with van der Waals surface area (Å²) in [5.74, 6) is -7.47. The summed E-state index contributed by atoms with van der Waals surface area (Å²) in [6.07, 6.45) is -2.26. The fraction of sp³-hybridized carbons (Fsp3) is 0.733. The zero-order valence-corrected chi connectivity index (χ0v) is 22.2. The van der Waals surface area contributed by atoms with Crippen LogP contribution in [0.15, 0.2) is 30.8 Å². The second-order valence-electron chi connectivity index (χ2n) is 13.0. The molecular formula is C30H37F5O4. The van der Waals surface area contributed by atoms with Gasteiger partial charge in [-0.1, -0.05) is 43.8 Å². The van der Waals surface area contributed by atoms with Crippen molar-refractivity contribution in [1.82, 2.24) is 0 Å². The van der Waals surface area contributed by atoms with Crippen LogP contribution in [-0.4, -0.2) is 52.5 Å². The van der Waals surface area contributed by atoms with E-state index < -0.39 is 52.8 Å². The van der Waals surface area contributed by atoms with Gasteiger partial charge >= 0.3 is 12.1 Å². The van der Waals surface area contributed by atoms with Gasteiger partial charge < -0.3 is 19.7 Å². The Bertz CT molecular complexity index is 1120. The summed E-state index contributed by atoms with van der Waals surface area (Å²) in [5, 5.41) is 23.5. The van der Waals surface area contributed by atoms with Crippen molar-refractivity contribution in [2.75, 3.05) is 13.2 Å². The zero-order valence-electron chi connectivity index (χ0n) is 22.2. The average molecular weight is 557 g/mol. The number of alkyl halides is 5. The molecule has 4 nitrogen and oxygen atoms in total. The molecule has 216 valence electrons. The van der Waals surface area contributed by atoms with E-state index in [4.69, 9.17) is 9.47 Å². The molecule has 0 bridgehead atoms. The van der Waals surface area contributed by atoms with E-state index in [-0.39, 0.29) is 30.6 Å². The maximum absolute atomic E-state index is 15.1. The van der Waals surface area contributed by atoms with Crippen molar-refractivity contribution in [2.45, 2.75) is 93.3 Å². The summed E-state index contributed by atoms with van der Waals surface area (Å²) in [5.41, 5.74) is -4.24. The first-order valence-corrected chi connectivity index (χ1v) is 14.1. The Labute approximate surface area is 225 Å². The first-order valence-electron chi connectivity index (χ1n) is 14.1. The molecule has 8 atom stereocenters. The molecule has 4 aliphatic carbocycles. The average Bonchev–Trinajstić information content (AvgIpc) is 3.44. The topological polar surface area (TPSA) is 58.9 Å². The standard InChI is InChI=1S/C30H37F5O4/c1-3-18-4-6-19(7-5-18)21-16-25(2)22(10-13-28(25,37)29(31,32)30(33,34)35)20-8-11-26(36)17-27(38-14-15-39-27)12-9-23(26)24(20)21/h3-7,20-24,36-37H,1,8-17H2,2H3/t20-,21+,22-,23+,24+,25-,26+,28-/m0/s1. The van der Waals surface area contributed by atoms with Crippen molar-refractivity contribution in [3.8, 4) is 0 Å². The number of rotatable bonds is 3. The van der Waals surface area contributed by atoms with Gasteiger partial charge in [0.1, 0.15) is 5.60 Å². The number of hydrogen-bond donors (Lipinski definition) is 2. The molecule has 0 amide bonds. The number of fused-ring (bicyclic) bond motifs is 5. The van der Waals surface area contributed by atoms with Crippen LogP contribution in [0.25, 0.3) is 6.08 Å². The molecule has 6 rings (SSSR count). The third-order valence-electron chi connectivity index (χ3n) is 11.5.